The average Bonchev–Trinajstić information content (AvgIpc) is 1.81. The second-order valence-electron chi connectivity index (χ2n) is 4.32. The summed E-state index contributed by atoms with van der Waals surface area (Å²) in [6, 6.07) is 0. The highest BCUT2D eigenvalue weighted by Gasteiger charge is 2.08. The van der Waals surface area contributed by atoms with Gasteiger partial charge in [0.25, 0.3) is 0 Å². The maximum absolute atomic E-state index is 2.33. The summed E-state index contributed by atoms with van der Waals surface area (Å²) in [7, 11) is 6.76. The van der Waals surface area contributed by atoms with Crippen LogP contribution in [0.1, 0.15) is 26.7 Å². The van der Waals surface area contributed by atoms with Gasteiger partial charge in [0.15, 0.2) is 0 Å². The van der Waals surface area contributed by atoms with Crippen LogP contribution in [0.15, 0.2) is 0 Å². The fourth-order valence-corrected chi connectivity index (χ4v) is 0.812. The van der Waals surface area contributed by atoms with Crippen molar-refractivity contribution in [2.45, 2.75) is 26.7 Å². The molecule has 0 aliphatic heterocycles. The quantitative estimate of drug-likeness (QED) is 0.530. The Labute approximate surface area is 65.6 Å². The molecule has 1 unspecified atom stereocenters. The zero-order valence-corrected chi connectivity index (χ0v) is 8.15. The summed E-state index contributed by atoms with van der Waals surface area (Å²) >= 11 is 0. The minimum absolute atomic E-state index is 0.900. The molecule has 1 atom stereocenters. The van der Waals surface area contributed by atoms with E-state index in [-0.39, 0.29) is 0 Å². The van der Waals surface area contributed by atoms with Gasteiger partial charge < -0.3 is 4.48 Å². The van der Waals surface area contributed by atoms with Gasteiger partial charge >= 0.3 is 0 Å². The zero-order chi connectivity index (χ0) is 8.20. The van der Waals surface area contributed by atoms with Gasteiger partial charge in [0.05, 0.1) is 27.7 Å². The normalized spacial score (nSPS) is 15.3. The third kappa shape index (κ3) is 6.09. The first-order valence-electron chi connectivity index (χ1n) is 4.26. The van der Waals surface area contributed by atoms with Crippen molar-refractivity contribution in [3.8, 4) is 0 Å². The zero-order valence-electron chi connectivity index (χ0n) is 8.15. The molecule has 0 radical (unpaired) electrons. The molecule has 0 aromatic heterocycles. The molecule has 0 bridgehead atoms. The monoisotopic (exact) mass is 144 g/mol. The van der Waals surface area contributed by atoms with Crippen LogP contribution in [0.2, 0.25) is 0 Å². The van der Waals surface area contributed by atoms with Crippen LogP contribution in [-0.2, 0) is 0 Å². The first-order chi connectivity index (χ1) is 4.45. The van der Waals surface area contributed by atoms with Crippen LogP contribution in [-0.4, -0.2) is 32.2 Å². The Bertz CT molecular complexity index is 81.2. The van der Waals surface area contributed by atoms with E-state index in [1.165, 1.54) is 19.4 Å². The Morgan fingerprint density at radius 1 is 1.20 bits per heavy atom. The summed E-state index contributed by atoms with van der Waals surface area (Å²) in [6.07, 6.45) is 2.68. The van der Waals surface area contributed by atoms with Crippen molar-refractivity contribution in [2.75, 3.05) is 27.7 Å². The van der Waals surface area contributed by atoms with E-state index in [0.717, 1.165) is 10.4 Å². The van der Waals surface area contributed by atoms with Crippen LogP contribution in [0.4, 0.5) is 0 Å². The predicted molar refractivity (Wildman–Crippen MR) is 47.0 cm³/mol. The number of quaternary nitrogens is 1. The van der Waals surface area contributed by atoms with Crippen molar-refractivity contribution in [1.29, 1.82) is 0 Å². The van der Waals surface area contributed by atoms with E-state index in [9.17, 15) is 0 Å². The lowest BCUT2D eigenvalue weighted by Crippen LogP contribution is -2.35. The van der Waals surface area contributed by atoms with Gasteiger partial charge in [0.1, 0.15) is 0 Å². The van der Waals surface area contributed by atoms with E-state index in [4.69, 9.17) is 0 Å². The van der Waals surface area contributed by atoms with Gasteiger partial charge in [-0.25, -0.2) is 0 Å². The molecule has 0 N–H and O–H groups in total. The highest BCUT2D eigenvalue weighted by atomic mass is 15.3. The number of rotatable bonds is 4. The molecule has 1 heteroatoms. The molecule has 0 aromatic rings. The van der Waals surface area contributed by atoms with E-state index in [2.05, 4.69) is 35.0 Å². The minimum atomic E-state index is 0.900. The Hall–Kier alpha value is -0.0400. The summed E-state index contributed by atoms with van der Waals surface area (Å²) in [6.45, 7) is 5.89. The summed E-state index contributed by atoms with van der Waals surface area (Å²) in [5, 5.41) is 0. The smallest absolute Gasteiger partial charge is 0.0783 e. The fourth-order valence-electron chi connectivity index (χ4n) is 0.812. The van der Waals surface area contributed by atoms with Gasteiger partial charge in [0.2, 0.25) is 0 Å². The van der Waals surface area contributed by atoms with Crippen molar-refractivity contribution in [1.82, 2.24) is 0 Å². The van der Waals surface area contributed by atoms with Crippen LogP contribution < -0.4 is 0 Å². The Balaban J connectivity index is 3.36. The number of nitrogens with zero attached hydrogens (tertiary/aromatic N) is 1. The Morgan fingerprint density at radius 3 is 2.00 bits per heavy atom. The van der Waals surface area contributed by atoms with Crippen molar-refractivity contribution < 1.29 is 4.48 Å². The van der Waals surface area contributed by atoms with Crippen molar-refractivity contribution in [2.24, 2.45) is 5.92 Å². The van der Waals surface area contributed by atoms with Gasteiger partial charge in [0, 0.05) is 0 Å². The number of hydrogen-bond acceptors (Lipinski definition) is 0. The van der Waals surface area contributed by atoms with E-state index in [1.54, 1.807) is 0 Å². The lowest BCUT2D eigenvalue weighted by molar-refractivity contribution is -0.870. The molecule has 10 heavy (non-hydrogen) atoms. The summed E-state index contributed by atoms with van der Waals surface area (Å²) in [5.41, 5.74) is 0. The maximum atomic E-state index is 2.33. The minimum Gasteiger partial charge on any atom is -0.331 e. The molecule has 0 aromatic carbocycles. The third-order valence-electron chi connectivity index (χ3n) is 1.99. The molecular formula is C9H22N+. The molecule has 0 saturated heterocycles. The van der Waals surface area contributed by atoms with E-state index < -0.39 is 0 Å². The molecule has 0 spiro atoms. The van der Waals surface area contributed by atoms with Crippen LogP contribution in [0.3, 0.4) is 0 Å². The molecule has 0 aliphatic rings. The topological polar surface area (TPSA) is 0 Å². The average molecular weight is 144 g/mol. The van der Waals surface area contributed by atoms with E-state index in [1.807, 2.05) is 0 Å². The van der Waals surface area contributed by atoms with Gasteiger partial charge in [-0.2, -0.15) is 0 Å². The van der Waals surface area contributed by atoms with E-state index in [0.29, 0.717) is 0 Å². The van der Waals surface area contributed by atoms with Crippen molar-refractivity contribution >= 4 is 0 Å². The summed E-state index contributed by atoms with van der Waals surface area (Å²) < 4.78 is 1.10. The first kappa shape index (κ1) is 9.96. The molecular weight excluding hydrogens is 122 g/mol. The largest absolute Gasteiger partial charge is 0.331 e. The highest BCUT2D eigenvalue weighted by molar-refractivity contribution is 4.47. The summed E-state index contributed by atoms with van der Waals surface area (Å²) in [5.74, 6) is 0.900. The van der Waals surface area contributed by atoms with Crippen molar-refractivity contribution in [3.05, 3.63) is 0 Å². The Morgan fingerprint density at radius 2 is 1.70 bits per heavy atom. The van der Waals surface area contributed by atoms with Gasteiger partial charge in [-0.15, -0.1) is 0 Å². The highest BCUT2D eigenvalue weighted by Crippen LogP contribution is 2.08. The molecule has 0 amide bonds. The summed E-state index contributed by atoms with van der Waals surface area (Å²) in [4.78, 5) is 0. The number of hydrogen-bond donors (Lipinski definition) is 0. The lowest BCUT2D eigenvalue weighted by atomic mass is 10.1. The molecule has 1 nitrogen and oxygen atoms in total. The first-order valence-corrected chi connectivity index (χ1v) is 4.26. The van der Waals surface area contributed by atoms with Gasteiger partial charge in [-0.3, -0.25) is 0 Å². The third-order valence-corrected chi connectivity index (χ3v) is 1.99. The van der Waals surface area contributed by atoms with Crippen LogP contribution >= 0.6 is 0 Å². The SMILES string of the molecule is CCC(C)CC[N+](C)(C)C. The fraction of sp³-hybridized carbons (Fsp3) is 1.00. The standard InChI is InChI=1S/C9H22N/c1-6-9(2)7-8-10(3,4)5/h9H,6-8H2,1-5H3/q+1. The van der Waals surface area contributed by atoms with Gasteiger partial charge in [-0.05, 0) is 12.3 Å². The second-order valence-corrected chi connectivity index (χ2v) is 4.32. The Kier molecular flexibility index (Phi) is 3.95. The second kappa shape index (κ2) is 3.97. The molecule has 0 fully saturated rings. The molecule has 62 valence electrons. The maximum Gasteiger partial charge on any atom is 0.0783 e. The van der Waals surface area contributed by atoms with Crippen LogP contribution in [0.5, 0.6) is 0 Å². The van der Waals surface area contributed by atoms with Crippen LogP contribution in [0, 0.1) is 5.92 Å². The van der Waals surface area contributed by atoms with Crippen molar-refractivity contribution in [3.63, 3.8) is 0 Å². The predicted octanol–water partition coefficient (Wildman–Crippen LogP) is 2.13. The molecule has 0 saturated carbocycles. The lowest BCUT2D eigenvalue weighted by Gasteiger charge is -2.25. The molecule has 0 rings (SSSR count). The van der Waals surface area contributed by atoms with E-state index >= 15 is 0 Å². The molecule has 0 aliphatic carbocycles. The molecule has 0 heterocycles. The van der Waals surface area contributed by atoms with Crippen LogP contribution in [0.25, 0.3) is 0 Å². The van der Waals surface area contributed by atoms with Gasteiger partial charge in [-0.1, -0.05) is 20.3 Å².